The number of aliphatic hydroxyl groups is 2. The number of hydrogen-bond donors (Lipinski definition) is 3. The normalized spacial score (nSPS) is 11.6. The third-order valence-corrected chi connectivity index (χ3v) is 2.87. The summed E-state index contributed by atoms with van der Waals surface area (Å²) in [6.45, 7) is 2.26. The van der Waals surface area contributed by atoms with Crippen molar-refractivity contribution in [2.75, 3.05) is 32.2 Å². The first-order chi connectivity index (χ1) is 8.00. The molecule has 0 spiro atoms. The van der Waals surface area contributed by atoms with Crippen molar-refractivity contribution in [1.29, 1.82) is 0 Å². The molecule has 0 saturated carbocycles. The van der Waals surface area contributed by atoms with E-state index in [1.165, 1.54) is 0 Å². The molecule has 0 radical (unpaired) electrons. The lowest BCUT2D eigenvalue weighted by Gasteiger charge is -2.26. The molecule has 1 aromatic rings. The lowest BCUT2D eigenvalue weighted by Crippen LogP contribution is -2.48. The minimum Gasteiger partial charge on any atom is -0.394 e. The molecule has 4 nitrogen and oxygen atoms in total. The molecule has 1 rings (SSSR count). The molecular formula is C13H22N2O2. The summed E-state index contributed by atoms with van der Waals surface area (Å²) >= 11 is 0. The van der Waals surface area contributed by atoms with Gasteiger partial charge in [-0.3, -0.25) is 0 Å². The van der Waals surface area contributed by atoms with Crippen LogP contribution in [-0.4, -0.2) is 43.1 Å². The molecule has 0 unspecified atom stereocenters. The minimum atomic E-state index is -0.625. The molecule has 0 saturated heterocycles. The monoisotopic (exact) mass is 238 g/mol. The van der Waals surface area contributed by atoms with Crippen LogP contribution < -0.4 is 10.2 Å². The fourth-order valence-corrected chi connectivity index (χ4v) is 1.39. The fourth-order valence-electron chi connectivity index (χ4n) is 1.39. The first kappa shape index (κ1) is 14.0. The minimum absolute atomic E-state index is 0.0840. The van der Waals surface area contributed by atoms with Crippen molar-refractivity contribution in [3.63, 3.8) is 0 Å². The van der Waals surface area contributed by atoms with Gasteiger partial charge in [-0.25, -0.2) is 0 Å². The fraction of sp³-hybridized carbons (Fsp3) is 0.538. The van der Waals surface area contributed by atoms with Gasteiger partial charge in [0.1, 0.15) is 0 Å². The summed E-state index contributed by atoms with van der Waals surface area (Å²) < 4.78 is 0. The van der Waals surface area contributed by atoms with E-state index in [0.29, 0.717) is 6.54 Å². The summed E-state index contributed by atoms with van der Waals surface area (Å²) in [5.74, 6) is 0. The lowest BCUT2D eigenvalue weighted by molar-refractivity contribution is 0.103. The Morgan fingerprint density at radius 1 is 1.12 bits per heavy atom. The molecule has 1 aromatic carbocycles. The Balaban J connectivity index is 2.58. The Hall–Kier alpha value is -1.10. The van der Waals surface area contributed by atoms with Crippen LogP contribution >= 0.6 is 0 Å². The Morgan fingerprint density at radius 2 is 1.65 bits per heavy atom. The topological polar surface area (TPSA) is 55.7 Å². The van der Waals surface area contributed by atoms with Gasteiger partial charge in [-0.15, -0.1) is 0 Å². The van der Waals surface area contributed by atoms with E-state index in [1.54, 1.807) is 6.92 Å². The van der Waals surface area contributed by atoms with E-state index in [4.69, 9.17) is 10.2 Å². The third-order valence-electron chi connectivity index (χ3n) is 2.87. The van der Waals surface area contributed by atoms with Crippen LogP contribution in [0.3, 0.4) is 0 Å². The van der Waals surface area contributed by atoms with Crippen LogP contribution in [0.5, 0.6) is 0 Å². The van der Waals surface area contributed by atoms with Crippen LogP contribution in [-0.2, 0) is 6.54 Å². The highest BCUT2D eigenvalue weighted by Crippen LogP contribution is 2.13. The summed E-state index contributed by atoms with van der Waals surface area (Å²) in [6.07, 6.45) is 0. The molecule has 0 aliphatic rings. The molecular weight excluding hydrogens is 216 g/mol. The maximum atomic E-state index is 9.15. The van der Waals surface area contributed by atoms with Crippen LogP contribution in [0.2, 0.25) is 0 Å². The van der Waals surface area contributed by atoms with E-state index in [1.807, 2.05) is 43.3 Å². The second-order valence-corrected chi connectivity index (χ2v) is 4.79. The molecule has 3 N–H and O–H groups in total. The number of benzene rings is 1. The standard InChI is InChI=1S/C13H22N2O2/c1-13(9-16,10-17)14-8-11-4-6-12(7-5-11)15(2)3/h4-7,14,16-17H,8-10H2,1-3H3. The van der Waals surface area contributed by atoms with E-state index in [9.17, 15) is 0 Å². The van der Waals surface area contributed by atoms with Gasteiger partial charge in [0, 0.05) is 26.3 Å². The van der Waals surface area contributed by atoms with Crippen LogP contribution in [0.15, 0.2) is 24.3 Å². The maximum absolute atomic E-state index is 9.15. The molecule has 0 amide bonds. The average molecular weight is 238 g/mol. The zero-order valence-electron chi connectivity index (χ0n) is 10.8. The molecule has 4 heteroatoms. The van der Waals surface area contributed by atoms with Crippen LogP contribution in [0, 0.1) is 0 Å². The van der Waals surface area contributed by atoms with E-state index >= 15 is 0 Å². The highest BCUT2D eigenvalue weighted by molar-refractivity contribution is 5.45. The summed E-state index contributed by atoms with van der Waals surface area (Å²) in [6, 6.07) is 8.17. The van der Waals surface area contributed by atoms with Gasteiger partial charge >= 0.3 is 0 Å². The second-order valence-electron chi connectivity index (χ2n) is 4.79. The molecule has 0 aliphatic carbocycles. The second kappa shape index (κ2) is 6.00. The summed E-state index contributed by atoms with van der Waals surface area (Å²) in [5, 5.41) is 21.4. The number of hydrogen-bond acceptors (Lipinski definition) is 4. The van der Waals surface area contributed by atoms with E-state index in [-0.39, 0.29) is 13.2 Å². The SMILES string of the molecule is CN(C)c1ccc(CNC(C)(CO)CO)cc1. The maximum Gasteiger partial charge on any atom is 0.0633 e. The van der Waals surface area contributed by atoms with Crippen LogP contribution in [0.1, 0.15) is 12.5 Å². The summed E-state index contributed by atoms with van der Waals surface area (Å²) in [7, 11) is 4.00. The molecule has 0 heterocycles. The van der Waals surface area contributed by atoms with Crippen LogP contribution in [0.25, 0.3) is 0 Å². The van der Waals surface area contributed by atoms with Gasteiger partial charge in [0.2, 0.25) is 0 Å². The molecule has 0 aliphatic heterocycles. The number of aliphatic hydroxyl groups excluding tert-OH is 2. The Kier molecular flexibility index (Phi) is 4.93. The zero-order chi connectivity index (χ0) is 12.9. The van der Waals surface area contributed by atoms with Crippen molar-refractivity contribution in [3.8, 4) is 0 Å². The van der Waals surface area contributed by atoms with Gasteiger partial charge in [-0.2, -0.15) is 0 Å². The van der Waals surface area contributed by atoms with Crippen molar-refractivity contribution in [3.05, 3.63) is 29.8 Å². The third kappa shape index (κ3) is 4.00. The lowest BCUT2D eigenvalue weighted by atomic mass is 10.0. The van der Waals surface area contributed by atoms with Gasteiger partial charge in [-0.05, 0) is 24.6 Å². The van der Waals surface area contributed by atoms with Crippen molar-refractivity contribution >= 4 is 5.69 Å². The molecule has 0 bridgehead atoms. The number of nitrogens with zero attached hydrogens (tertiary/aromatic N) is 1. The summed E-state index contributed by atoms with van der Waals surface area (Å²) in [4.78, 5) is 2.04. The van der Waals surface area contributed by atoms with Crippen molar-refractivity contribution in [2.45, 2.75) is 19.0 Å². The number of anilines is 1. The van der Waals surface area contributed by atoms with E-state index in [2.05, 4.69) is 5.32 Å². The van der Waals surface area contributed by atoms with E-state index < -0.39 is 5.54 Å². The Labute approximate surface area is 103 Å². The predicted molar refractivity (Wildman–Crippen MR) is 70.2 cm³/mol. The first-order valence-electron chi connectivity index (χ1n) is 5.74. The van der Waals surface area contributed by atoms with Crippen molar-refractivity contribution in [2.24, 2.45) is 0 Å². The van der Waals surface area contributed by atoms with Crippen molar-refractivity contribution in [1.82, 2.24) is 5.32 Å². The average Bonchev–Trinajstić information content (AvgIpc) is 2.36. The molecule has 96 valence electrons. The quantitative estimate of drug-likeness (QED) is 0.679. The van der Waals surface area contributed by atoms with Gasteiger partial charge in [0.25, 0.3) is 0 Å². The largest absolute Gasteiger partial charge is 0.394 e. The smallest absolute Gasteiger partial charge is 0.0633 e. The molecule has 0 atom stereocenters. The molecule has 0 aromatic heterocycles. The Morgan fingerprint density at radius 3 is 2.06 bits per heavy atom. The summed E-state index contributed by atoms with van der Waals surface area (Å²) in [5.41, 5.74) is 1.66. The van der Waals surface area contributed by atoms with E-state index in [0.717, 1.165) is 11.3 Å². The van der Waals surface area contributed by atoms with Gasteiger partial charge in [0.05, 0.1) is 18.8 Å². The number of nitrogens with one attached hydrogen (secondary N) is 1. The van der Waals surface area contributed by atoms with Crippen LogP contribution in [0.4, 0.5) is 5.69 Å². The first-order valence-corrected chi connectivity index (χ1v) is 5.74. The van der Waals surface area contributed by atoms with Crippen molar-refractivity contribution < 1.29 is 10.2 Å². The molecule has 17 heavy (non-hydrogen) atoms. The number of rotatable bonds is 6. The zero-order valence-corrected chi connectivity index (χ0v) is 10.8. The van der Waals surface area contributed by atoms with Gasteiger partial charge in [0.15, 0.2) is 0 Å². The highest BCUT2D eigenvalue weighted by Gasteiger charge is 2.20. The van der Waals surface area contributed by atoms with Gasteiger partial charge < -0.3 is 20.4 Å². The Bertz CT molecular complexity index is 332. The highest BCUT2D eigenvalue weighted by atomic mass is 16.3. The molecule has 0 fully saturated rings. The predicted octanol–water partition coefficient (Wildman–Crippen LogP) is 0.585. The van der Waals surface area contributed by atoms with Gasteiger partial charge in [-0.1, -0.05) is 12.1 Å².